The molecule has 1 saturated carbocycles. The van der Waals surface area contributed by atoms with Crippen molar-refractivity contribution in [2.75, 3.05) is 5.32 Å². The highest BCUT2D eigenvalue weighted by Gasteiger charge is 2.30. The van der Waals surface area contributed by atoms with E-state index < -0.39 is 0 Å². The van der Waals surface area contributed by atoms with Crippen molar-refractivity contribution in [3.05, 3.63) is 27.6 Å². The zero-order chi connectivity index (χ0) is 14.0. The summed E-state index contributed by atoms with van der Waals surface area (Å²) in [5, 5.41) is 3.66. The molecule has 0 aromatic heterocycles. The normalized spacial score (nSPS) is 27.6. The van der Waals surface area contributed by atoms with Crippen LogP contribution in [0.25, 0.3) is 0 Å². The van der Waals surface area contributed by atoms with E-state index in [1.54, 1.807) is 12.1 Å². The SMILES string of the molecule is CC1CCC(C(C)C)C(Nc2ccc(F)cc2I)C1. The van der Waals surface area contributed by atoms with E-state index in [1.165, 1.54) is 19.3 Å². The molecule has 0 aliphatic heterocycles. The Morgan fingerprint density at radius 2 is 2.05 bits per heavy atom. The van der Waals surface area contributed by atoms with Gasteiger partial charge in [-0.05, 0) is 71.4 Å². The zero-order valence-electron chi connectivity index (χ0n) is 11.9. The highest BCUT2D eigenvalue weighted by Crippen LogP contribution is 2.35. The van der Waals surface area contributed by atoms with Crippen LogP contribution in [-0.4, -0.2) is 6.04 Å². The second-order valence-electron chi connectivity index (χ2n) is 6.20. The van der Waals surface area contributed by atoms with Crippen LogP contribution in [0.4, 0.5) is 10.1 Å². The van der Waals surface area contributed by atoms with E-state index in [9.17, 15) is 4.39 Å². The van der Waals surface area contributed by atoms with Crippen LogP contribution in [-0.2, 0) is 0 Å². The summed E-state index contributed by atoms with van der Waals surface area (Å²) in [5.41, 5.74) is 1.08. The largest absolute Gasteiger partial charge is 0.381 e. The van der Waals surface area contributed by atoms with Crippen molar-refractivity contribution >= 4 is 28.3 Å². The fraction of sp³-hybridized carbons (Fsp3) is 0.625. The van der Waals surface area contributed by atoms with Gasteiger partial charge in [0.2, 0.25) is 0 Å². The number of hydrogen-bond donors (Lipinski definition) is 1. The van der Waals surface area contributed by atoms with Crippen LogP contribution in [0.15, 0.2) is 18.2 Å². The molecule has 1 aromatic rings. The van der Waals surface area contributed by atoms with Crippen LogP contribution in [0.5, 0.6) is 0 Å². The minimum Gasteiger partial charge on any atom is -0.381 e. The van der Waals surface area contributed by atoms with Gasteiger partial charge in [0, 0.05) is 15.3 Å². The molecular weight excluding hydrogens is 352 g/mol. The third-order valence-corrected chi connectivity index (χ3v) is 5.19. The Labute approximate surface area is 129 Å². The molecule has 2 rings (SSSR count). The van der Waals surface area contributed by atoms with Gasteiger partial charge in [-0.25, -0.2) is 4.39 Å². The van der Waals surface area contributed by atoms with Crippen molar-refractivity contribution in [3.63, 3.8) is 0 Å². The lowest BCUT2D eigenvalue weighted by molar-refractivity contribution is 0.212. The third kappa shape index (κ3) is 3.83. The Hall–Kier alpha value is -0.320. The maximum atomic E-state index is 13.2. The lowest BCUT2D eigenvalue weighted by Crippen LogP contribution is -2.38. The first-order valence-electron chi connectivity index (χ1n) is 7.19. The molecule has 0 bridgehead atoms. The number of halogens is 2. The molecule has 1 nitrogen and oxygen atoms in total. The molecule has 0 spiro atoms. The predicted molar refractivity (Wildman–Crippen MR) is 87.9 cm³/mol. The van der Waals surface area contributed by atoms with Crippen LogP contribution >= 0.6 is 22.6 Å². The van der Waals surface area contributed by atoms with Crippen molar-refractivity contribution < 1.29 is 4.39 Å². The molecule has 1 aromatic carbocycles. The molecule has 0 amide bonds. The van der Waals surface area contributed by atoms with Gasteiger partial charge in [0.05, 0.1) is 0 Å². The van der Waals surface area contributed by atoms with Crippen LogP contribution in [0.2, 0.25) is 0 Å². The number of hydrogen-bond acceptors (Lipinski definition) is 1. The zero-order valence-corrected chi connectivity index (χ0v) is 14.1. The van der Waals surface area contributed by atoms with Gasteiger partial charge in [0.15, 0.2) is 0 Å². The van der Waals surface area contributed by atoms with E-state index in [0.29, 0.717) is 12.0 Å². The summed E-state index contributed by atoms with van der Waals surface area (Å²) in [5.74, 6) is 2.04. The molecule has 0 saturated heterocycles. The van der Waals surface area contributed by atoms with Gasteiger partial charge >= 0.3 is 0 Å². The highest BCUT2D eigenvalue weighted by atomic mass is 127. The average molecular weight is 375 g/mol. The first-order valence-corrected chi connectivity index (χ1v) is 8.27. The van der Waals surface area contributed by atoms with E-state index in [2.05, 4.69) is 48.7 Å². The van der Waals surface area contributed by atoms with Gasteiger partial charge in [-0.3, -0.25) is 0 Å². The smallest absolute Gasteiger partial charge is 0.124 e. The number of anilines is 1. The second-order valence-corrected chi connectivity index (χ2v) is 7.36. The summed E-state index contributed by atoms with van der Waals surface area (Å²) in [6, 6.07) is 5.52. The van der Waals surface area contributed by atoms with Gasteiger partial charge in [-0.1, -0.05) is 27.2 Å². The molecule has 0 heterocycles. The van der Waals surface area contributed by atoms with Gasteiger partial charge in [-0.2, -0.15) is 0 Å². The van der Waals surface area contributed by atoms with E-state index in [4.69, 9.17) is 0 Å². The van der Waals surface area contributed by atoms with Gasteiger partial charge in [0.25, 0.3) is 0 Å². The fourth-order valence-corrected chi connectivity index (χ4v) is 3.81. The minimum atomic E-state index is -0.160. The topological polar surface area (TPSA) is 12.0 Å². The van der Waals surface area contributed by atoms with Crippen molar-refractivity contribution in [2.24, 2.45) is 17.8 Å². The third-order valence-electron chi connectivity index (χ3n) is 4.29. The Balaban J connectivity index is 2.14. The maximum absolute atomic E-state index is 13.2. The van der Waals surface area contributed by atoms with E-state index in [-0.39, 0.29) is 5.82 Å². The number of nitrogens with one attached hydrogen (secondary N) is 1. The van der Waals surface area contributed by atoms with Gasteiger partial charge < -0.3 is 5.32 Å². The van der Waals surface area contributed by atoms with Crippen molar-refractivity contribution in [1.29, 1.82) is 0 Å². The standard InChI is InChI=1S/C16H23FIN/c1-10(2)13-6-4-11(3)8-16(13)19-15-7-5-12(17)9-14(15)18/h5,7,9-11,13,16,19H,4,6,8H2,1-3H3. The van der Waals surface area contributed by atoms with Crippen molar-refractivity contribution in [1.82, 2.24) is 0 Å². The average Bonchev–Trinajstić information content (AvgIpc) is 2.32. The van der Waals surface area contributed by atoms with Crippen LogP contribution in [0, 0.1) is 27.1 Å². The quantitative estimate of drug-likeness (QED) is 0.707. The maximum Gasteiger partial charge on any atom is 0.124 e. The van der Waals surface area contributed by atoms with Gasteiger partial charge in [0.1, 0.15) is 5.82 Å². The van der Waals surface area contributed by atoms with Crippen LogP contribution in [0.3, 0.4) is 0 Å². The summed E-state index contributed by atoms with van der Waals surface area (Å²) in [6.07, 6.45) is 3.85. The lowest BCUT2D eigenvalue weighted by Gasteiger charge is -2.38. The number of rotatable bonds is 3. The summed E-state index contributed by atoms with van der Waals surface area (Å²) in [7, 11) is 0. The molecule has 1 N–H and O–H groups in total. The summed E-state index contributed by atoms with van der Waals surface area (Å²) in [4.78, 5) is 0. The highest BCUT2D eigenvalue weighted by molar-refractivity contribution is 14.1. The molecule has 1 aliphatic rings. The Kier molecular flexibility index (Phi) is 5.09. The first-order chi connectivity index (χ1) is 8.97. The monoisotopic (exact) mass is 375 g/mol. The summed E-state index contributed by atoms with van der Waals surface area (Å²) in [6.45, 7) is 6.96. The molecule has 19 heavy (non-hydrogen) atoms. The molecule has 3 heteroatoms. The molecule has 3 atom stereocenters. The van der Waals surface area contributed by atoms with Crippen molar-refractivity contribution in [3.8, 4) is 0 Å². The second kappa shape index (κ2) is 6.42. The Morgan fingerprint density at radius 3 is 2.68 bits per heavy atom. The fourth-order valence-electron chi connectivity index (χ4n) is 3.17. The first kappa shape index (κ1) is 15.1. The minimum absolute atomic E-state index is 0.160. The van der Waals surface area contributed by atoms with Crippen LogP contribution < -0.4 is 5.32 Å². The van der Waals surface area contributed by atoms with E-state index in [0.717, 1.165) is 21.1 Å². The predicted octanol–water partition coefficient (Wildman–Crippen LogP) is 5.30. The molecule has 0 radical (unpaired) electrons. The lowest BCUT2D eigenvalue weighted by atomic mass is 9.74. The molecule has 1 fully saturated rings. The Bertz CT molecular complexity index is 433. The molecular formula is C16H23FIN. The summed E-state index contributed by atoms with van der Waals surface area (Å²) < 4.78 is 14.1. The molecule has 1 aliphatic carbocycles. The summed E-state index contributed by atoms with van der Waals surface area (Å²) >= 11 is 2.21. The van der Waals surface area contributed by atoms with Gasteiger partial charge in [-0.15, -0.1) is 0 Å². The molecule has 3 unspecified atom stereocenters. The van der Waals surface area contributed by atoms with Crippen molar-refractivity contribution in [2.45, 2.75) is 46.1 Å². The molecule has 106 valence electrons. The Morgan fingerprint density at radius 1 is 1.32 bits per heavy atom. The van der Waals surface area contributed by atoms with E-state index >= 15 is 0 Å². The van der Waals surface area contributed by atoms with Crippen LogP contribution in [0.1, 0.15) is 40.0 Å². The number of benzene rings is 1. The van der Waals surface area contributed by atoms with E-state index in [1.807, 2.05) is 6.07 Å².